The third-order valence-electron chi connectivity index (χ3n) is 2.74. The van der Waals surface area contributed by atoms with Crippen molar-refractivity contribution in [2.45, 2.75) is 26.3 Å². The highest BCUT2D eigenvalue weighted by atomic mass is 16.5. The Morgan fingerprint density at radius 1 is 1.29 bits per heavy atom. The van der Waals surface area contributed by atoms with Gasteiger partial charge in [-0.3, -0.25) is 5.32 Å². The first-order valence-corrected chi connectivity index (χ1v) is 5.95. The van der Waals surface area contributed by atoms with Gasteiger partial charge < -0.3 is 14.2 Å². The number of rotatable bonds is 9. The Hall–Kier alpha value is -0.650. The Labute approximate surface area is 104 Å². The number of esters is 1. The smallest absolute Gasteiger partial charge is 0.329 e. The molecule has 0 aliphatic heterocycles. The molecular weight excluding hydrogens is 222 g/mol. The highest BCUT2D eigenvalue weighted by Gasteiger charge is 2.42. The van der Waals surface area contributed by atoms with E-state index in [-0.39, 0.29) is 18.5 Å². The molecule has 102 valence electrons. The van der Waals surface area contributed by atoms with E-state index in [9.17, 15) is 4.79 Å². The third kappa shape index (κ3) is 4.61. The van der Waals surface area contributed by atoms with Gasteiger partial charge in [0.2, 0.25) is 0 Å². The molecule has 5 heteroatoms. The molecule has 0 aromatic carbocycles. The predicted octanol–water partition coefficient (Wildman–Crippen LogP) is 0.827. The van der Waals surface area contributed by atoms with Crippen molar-refractivity contribution in [3.05, 3.63) is 0 Å². The number of methoxy groups -OCH3 is 2. The molecule has 0 saturated carbocycles. The van der Waals surface area contributed by atoms with Crippen LogP contribution in [0.5, 0.6) is 0 Å². The predicted molar refractivity (Wildman–Crippen MR) is 66.0 cm³/mol. The molecule has 0 amide bonds. The van der Waals surface area contributed by atoms with E-state index in [0.717, 1.165) is 0 Å². The van der Waals surface area contributed by atoms with E-state index in [1.807, 2.05) is 13.8 Å². The first-order chi connectivity index (χ1) is 8.05. The van der Waals surface area contributed by atoms with E-state index in [2.05, 4.69) is 5.32 Å². The molecule has 0 aromatic heterocycles. The topological polar surface area (TPSA) is 56.8 Å². The van der Waals surface area contributed by atoms with Gasteiger partial charge in [-0.25, -0.2) is 4.79 Å². The average molecular weight is 247 g/mol. The Kier molecular flexibility index (Phi) is 8.12. The first-order valence-electron chi connectivity index (χ1n) is 5.95. The molecule has 0 aliphatic carbocycles. The molecule has 0 aliphatic rings. The second kappa shape index (κ2) is 8.44. The third-order valence-corrected chi connectivity index (χ3v) is 2.74. The Morgan fingerprint density at radius 2 is 1.94 bits per heavy atom. The van der Waals surface area contributed by atoms with Gasteiger partial charge in [0.1, 0.15) is 5.54 Å². The monoisotopic (exact) mass is 247 g/mol. The van der Waals surface area contributed by atoms with Gasteiger partial charge in [-0.05, 0) is 12.8 Å². The lowest BCUT2D eigenvalue weighted by atomic mass is 9.87. The Bertz CT molecular complexity index is 221. The molecule has 0 radical (unpaired) electrons. The van der Waals surface area contributed by atoms with Crippen molar-refractivity contribution in [2.75, 3.05) is 40.6 Å². The number of nitrogens with one attached hydrogen (secondary N) is 1. The number of carbonyl (C=O) groups excluding carboxylic acids is 1. The molecule has 0 aromatic rings. The van der Waals surface area contributed by atoms with Crippen LogP contribution in [0, 0.1) is 5.92 Å². The maximum absolute atomic E-state index is 12.1. The van der Waals surface area contributed by atoms with Crippen molar-refractivity contribution in [3.63, 3.8) is 0 Å². The molecule has 0 bridgehead atoms. The molecule has 17 heavy (non-hydrogen) atoms. The van der Waals surface area contributed by atoms with E-state index < -0.39 is 5.54 Å². The van der Waals surface area contributed by atoms with Gasteiger partial charge in [0.05, 0.1) is 19.8 Å². The molecule has 1 N–H and O–H groups in total. The van der Waals surface area contributed by atoms with E-state index in [1.54, 1.807) is 21.1 Å². The zero-order valence-electron chi connectivity index (χ0n) is 11.5. The van der Waals surface area contributed by atoms with Crippen molar-refractivity contribution in [1.29, 1.82) is 0 Å². The summed E-state index contributed by atoms with van der Waals surface area (Å²) in [5.41, 5.74) is -0.802. The van der Waals surface area contributed by atoms with Crippen LogP contribution >= 0.6 is 0 Å². The van der Waals surface area contributed by atoms with Crippen LogP contribution in [0.3, 0.4) is 0 Å². The van der Waals surface area contributed by atoms with Gasteiger partial charge in [0.25, 0.3) is 0 Å². The van der Waals surface area contributed by atoms with Crippen LogP contribution in [0.15, 0.2) is 0 Å². The summed E-state index contributed by atoms with van der Waals surface area (Å²) in [6.07, 6.45) is 0. The van der Waals surface area contributed by atoms with Gasteiger partial charge in [-0.15, -0.1) is 0 Å². The lowest BCUT2D eigenvalue weighted by Gasteiger charge is -2.35. The minimum Gasteiger partial charge on any atom is -0.465 e. The minimum atomic E-state index is -0.802. The molecule has 1 unspecified atom stereocenters. The quantitative estimate of drug-likeness (QED) is 0.483. The fourth-order valence-corrected chi connectivity index (χ4v) is 1.65. The van der Waals surface area contributed by atoms with Crippen LogP contribution < -0.4 is 5.32 Å². The fourth-order valence-electron chi connectivity index (χ4n) is 1.65. The van der Waals surface area contributed by atoms with Crippen LogP contribution in [0.1, 0.15) is 20.8 Å². The van der Waals surface area contributed by atoms with Crippen LogP contribution in [0.4, 0.5) is 0 Å². The molecule has 1 atom stereocenters. The minimum absolute atomic E-state index is 0.0679. The highest BCUT2D eigenvalue weighted by Crippen LogP contribution is 2.19. The Morgan fingerprint density at radius 3 is 2.35 bits per heavy atom. The van der Waals surface area contributed by atoms with Crippen LogP contribution in [-0.2, 0) is 19.0 Å². The number of hydrogen-bond acceptors (Lipinski definition) is 5. The summed E-state index contributed by atoms with van der Waals surface area (Å²) in [5, 5.41) is 3.19. The maximum atomic E-state index is 12.1. The van der Waals surface area contributed by atoms with Gasteiger partial charge in [-0.2, -0.15) is 0 Å². The first kappa shape index (κ1) is 16.4. The van der Waals surface area contributed by atoms with Gasteiger partial charge in [-0.1, -0.05) is 13.8 Å². The molecular formula is C12H25NO4. The zero-order chi connectivity index (χ0) is 13.3. The second-order valence-corrected chi connectivity index (χ2v) is 4.20. The zero-order valence-corrected chi connectivity index (χ0v) is 11.5. The molecule has 0 rings (SSSR count). The van der Waals surface area contributed by atoms with E-state index in [1.165, 1.54) is 0 Å². The summed E-state index contributed by atoms with van der Waals surface area (Å²) >= 11 is 0. The van der Waals surface area contributed by atoms with Crippen LogP contribution in [0.25, 0.3) is 0 Å². The number of hydrogen-bond donors (Lipinski definition) is 1. The average Bonchev–Trinajstić information content (AvgIpc) is 2.28. The molecule has 0 fully saturated rings. The largest absolute Gasteiger partial charge is 0.465 e. The van der Waals surface area contributed by atoms with Crippen molar-refractivity contribution in [1.82, 2.24) is 5.32 Å². The molecule has 0 spiro atoms. The van der Waals surface area contributed by atoms with E-state index in [0.29, 0.717) is 19.8 Å². The molecule has 0 saturated heterocycles. The summed E-state index contributed by atoms with van der Waals surface area (Å²) in [5.74, 6) is -0.202. The van der Waals surface area contributed by atoms with Crippen molar-refractivity contribution in [3.8, 4) is 0 Å². The van der Waals surface area contributed by atoms with Gasteiger partial charge in [0, 0.05) is 20.8 Å². The van der Waals surface area contributed by atoms with Crippen molar-refractivity contribution in [2.24, 2.45) is 5.92 Å². The van der Waals surface area contributed by atoms with Gasteiger partial charge >= 0.3 is 5.97 Å². The van der Waals surface area contributed by atoms with E-state index >= 15 is 0 Å². The summed E-state index contributed by atoms with van der Waals surface area (Å²) in [6.45, 7) is 7.50. The molecule has 0 heterocycles. The maximum Gasteiger partial charge on any atom is 0.329 e. The van der Waals surface area contributed by atoms with Crippen molar-refractivity contribution < 1.29 is 19.0 Å². The standard InChI is InChI=1S/C12H25NO4/c1-6-17-11(14)12(9-16-5,10(2)3)13-7-8-15-4/h10,13H,6-9H2,1-5H3. The van der Waals surface area contributed by atoms with Gasteiger partial charge in [0.15, 0.2) is 0 Å². The normalized spacial score (nSPS) is 14.7. The summed E-state index contributed by atoms with van der Waals surface area (Å²) in [4.78, 5) is 12.1. The number of ether oxygens (including phenoxy) is 3. The fraction of sp³-hybridized carbons (Fsp3) is 0.917. The Balaban J connectivity index is 4.78. The lowest BCUT2D eigenvalue weighted by Crippen LogP contribution is -2.60. The van der Waals surface area contributed by atoms with Crippen LogP contribution in [-0.4, -0.2) is 52.1 Å². The molecule has 5 nitrogen and oxygen atoms in total. The SMILES string of the molecule is CCOC(=O)C(COC)(NCCOC)C(C)C. The second-order valence-electron chi connectivity index (χ2n) is 4.20. The summed E-state index contributed by atoms with van der Waals surface area (Å²) in [6, 6.07) is 0. The highest BCUT2D eigenvalue weighted by molar-refractivity contribution is 5.81. The van der Waals surface area contributed by atoms with Crippen molar-refractivity contribution >= 4 is 5.97 Å². The van der Waals surface area contributed by atoms with E-state index in [4.69, 9.17) is 14.2 Å². The van der Waals surface area contributed by atoms with Crippen LogP contribution in [0.2, 0.25) is 0 Å². The summed E-state index contributed by atoms with van der Waals surface area (Å²) < 4.78 is 15.3. The number of carbonyl (C=O) groups is 1. The summed E-state index contributed by atoms with van der Waals surface area (Å²) in [7, 11) is 3.20. The lowest BCUT2D eigenvalue weighted by molar-refractivity contribution is -0.156.